The summed E-state index contributed by atoms with van der Waals surface area (Å²) in [5.74, 6) is -1.36. The van der Waals surface area contributed by atoms with Crippen molar-refractivity contribution in [3.63, 3.8) is 0 Å². The lowest BCUT2D eigenvalue weighted by molar-refractivity contribution is -0.0246. The Balaban J connectivity index is 1.55. The molecule has 3 heterocycles. The van der Waals surface area contributed by atoms with Crippen LogP contribution in [0.4, 0.5) is 10.1 Å². The second-order valence-corrected chi connectivity index (χ2v) is 7.75. The Morgan fingerprint density at radius 1 is 1.00 bits per heavy atom. The lowest BCUT2D eigenvalue weighted by Gasteiger charge is -2.58. The van der Waals surface area contributed by atoms with E-state index in [4.69, 9.17) is 0 Å². The number of carbonyl (C=O) groups excluding carboxylic acids is 2. The number of benzene rings is 2. The fourth-order valence-electron chi connectivity index (χ4n) is 4.78. The van der Waals surface area contributed by atoms with Gasteiger partial charge in [0.15, 0.2) is 0 Å². The Hall–Kier alpha value is -3.58. The van der Waals surface area contributed by atoms with Gasteiger partial charge in [-0.2, -0.15) is 0 Å². The second-order valence-electron chi connectivity index (χ2n) is 7.75. The molecule has 0 spiro atoms. The molecule has 156 valence electrons. The number of amides is 2. The molecule has 2 aromatic carbocycles. The lowest BCUT2D eigenvalue weighted by atomic mass is 9.71. The fraction of sp³-hybridized carbons (Fsp3) is 0.208. The third-order valence-electron chi connectivity index (χ3n) is 6.20. The summed E-state index contributed by atoms with van der Waals surface area (Å²) in [6, 6.07) is 15.9. The number of hydrogen-bond acceptors (Lipinski definition) is 4. The molecule has 31 heavy (non-hydrogen) atoms. The fourth-order valence-corrected chi connectivity index (χ4v) is 4.78. The first-order chi connectivity index (χ1) is 15.1. The average Bonchev–Trinajstić information content (AvgIpc) is 2.80. The third-order valence-corrected chi connectivity index (χ3v) is 6.20. The van der Waals surface area contributed by atoms with Crippen molar-refractivity contribution in [2.24, 2.45) is 0 Å². The minimum atomic E-state index is -0.585. The van der Waals surface area contributed by atoms with Crippen LogP contribution in [0.3, 0.4) is 0 Å². The quantitative estimate of drug-likeness (QED) is 0.711. The van der Waals surface area contributed by atoms with E-state index in [1.54, 1.807) is 41.6 Å². The summed E-state index contributed by atoms with van der Waals surface area (Å²) in [5.41, 5.74) is 2.02. The van der Waals surface area contributed by atoms with Crippen LogP contribution in [0, 0.1) is 5.82 Å². The third kappa shape index (κ3) is 3.00. The van der Waals surface area contributed by atoms with E-state index >= 15 is 0 Å². The van der Waals surface area contributed by atoms with E-state index < -0.39 is 17.8 Å². The van der Waals surface area contributed by atoms with Crippen LogP contribution in [0.1, 0.15) is 32.2 Å². The van der Waals surface area contributed by atoms with Crippen LogP contribution < -0.4 is 4.90 Å². The van der Waals surface area contributed by atoms with E-state index in [9.17, 15) is 19.1 Å². The predicted octanol–water partition coefficient (Wildman–Crippen LogP) is 2.85. The number of nitrogens with zero attached hydrogens (tertiary/aromatic N) is 3. The summed E-state index contributed by atoms with van der Waals surface area (Å²) in [5, 5.41) is 10.1. The number of pyridine rings is 1. The van der Waals surface area contributed by atoms with Gasteiger partial charge in [-0.15, -0.1) is 0 Å². The number of anilines is 1. The number of aliphatic hydroxyl groups is 1. The standard InChI is InChI=1S/C24H20FN3O3/c25-18-7-3-1-5-16(18)24(31)27-13-20-22(17-6-2-4-8-19(17)27)21(14-29)28(20)23(30)15-9-11-26-12-10-15/h1-12,20-22,29H,13-14H2/t20-,21-,22+/m0/s1. The molecule has 3 atom stereocenters. The van der Waals surface area contributed by atoms with Gasteiger partial charge in [-0.25, -0.2) is 4.39 Å². The number of fused-ring (bicyclic) bond motifs is 3. The molecule has 2 aliphatic rings. The number of likely N-dealkylation sites (tertiary alicyclic amines) is 1. The summed E-state index contributed by atoms with van der Waals surface area (Å²) in [4.78, 5) is 33.6. The number of para-hydroxylation sites is 1. The van der Waals surface area contributed by atoms with Gasteiger partial charge >= 0.3 is 0 Å². The van der Waals surface area contributed by atoms with Crippen LogP contribution in [0.5, 0.6) is 0 Å². The first-order valence-corrected chi connectivity index (χ1v) is 10.1. The first kappa shape index (κ1) is 19.4. The van der Waals surface area contributed by atoms with Crippen molar-refractivity contribution >= 4 is 17.5 Å². The number of hydrogen-bond donors (Lipinski definition) is 1. The van der Waals surface area contributed by atoms with E-state index in [0.717, 1.165) is 5.56 Å². The van der Waals surface area contributed by atoms with E-state index in [2.05, 4.69) is 4.98 Å². The zero-order valence-corrected chi connectivity index (χ0v) is 16.6. The number of rotatable bonds is 3. The molecule has 5 rings (SSSR count). The highest BCUT2D eigenvalue weighted by molar-refractivity contribution is 6.07. The summed E-state index contributed by atoms with van der Waals surface area (Å²) in [6.45, 7) is 0.0375. The van der Waals surface area contributed by atoms with Crippen molar-refractivity contribution in [2.75, 3.05) is 18.1 Å². The van der Waals surface area contributed by atoms with Crippen molar-refractivity contribution in [3.05, 3.63) is 95.6 Å². The summed E-state index contributed by atoms with van der Waals surface area (Å²) < 4.78 is 14.4. The van der Waals surface area contributed by atoms with Gasteiger partial charge in [0.1, 0.15) is 5.82 Å². The highest BCUT2D eigenvalue weighted by Crippen LogP contribution is 2.48. The van der Waals surface area contributed by atoms with Crippen LogP contribution in [0.25, 0.3) is 0 Å². The average molecular weight is 417 g/mol. The van der Waals surface area contributed by atoms with Gasteiger partial charge in [-0.1, -0.05) is 30.3 Å². The van der Waals surface area contributed by atoms with Gasteiger partial charge in [-0.05, 0) is 35.9 Å². The largest absolute Gasteiger partial charge is 0.394 e. The van der Waals surface area contributed by atoms with Crippen LogP contribution in [-0.4, -0.2) is 52.0 Å². The maximum absolute atomic E-state index is 14.4. The zero-order valence-electron chi connectivity index (χ0n) is 16.6. The molecular formula is C24H20FN3O3. The molecule has 1 aromatic heterocycles. The van der Waals surface area contributed by atoms with Gasteiger partial charge in [0.2, 0.25) is 0 Å². The molecular weight excluding hydrogens is 397 g/mol. The molecule has 1 fully saturated rings. The zero-order chi connectivity index (χ0) is 21.5. The molecule has 1 saturated heterocycles. The minimum Gasteiger partial charge on any atom is -0.394 e. The van der Waals surface area contributed by atoms with E-state index in [-0.39, 0.29) is 36.6 Å². The Morgan fingerprint density at radius 3 is 2.45 bits per heavy atom. The van der Waals surface area contributed by atoms with Crippen molar-refractivity contribution in [2.45, 2.75) is 18.0 Å². The van der Waals surface area contributed by atoms with Gasteiger partial charge in [-0.3, -0.25) is 14.6 Å². The van der Waals surface area contributed by atoms with Crippen LogP contribution in [0.15, 0.2) is 73.1 Å². The maximum Gasteiger partial charge on any atom is 0.261 e. The van der Waals surface area contributed by atoms with Gasteiger partial charge < -0.3 is 14.9 Å². The Bertz CT molecular complexity index is 1150. The number of aliphatic hydroxyl groups excluding tert-OH is 1. The predicted molar refractivity (Wildman–Crippen MR) is 112 cm³/mol. The van der Waals surface area contributed by atoms with E-state index in [1.807, 2.05) is 24.3 Å². The van der Waals surface area contributed by atoms with Crippen molar-refractivity contribution in [1.29, 1.82) is 0 Å². The Kier molecular flexibility index (Phi) is 4.75. The smallest absolute Gasteiger partial charge is 0.261 e. The van der Waals surface area contributed by atoms with Gasteiger partial charge in [0, 0.05) is 36.1 Å². The lowest BCUT2D eigenvalue weighted by Crippen LogP contribution is -2.70. The molecule has 2 amide bonds. The molecule has 2 aliphatic heterocycles. The SMILES string of the molecule is O=C(c1ccccc1F)N1C[C@H]2[C@@H](c3ccccc31)[C@H](CO)N2C(=O)c1ccncc1. The van der Waals surface area contributed by atoms with Gasteiger partial charge in [0.25, 0.3) is 11.8 Å². The maximum atomic E-state index is 14.4. The number of carbonyl (C=O) groups is 2. The van der Waals surface area contributed by atoms with Crippen LogP contribution in [-0.2, 0) is 0 Å². The molecule has 0 radical (unpaired) electrons. The number of aromatic nitrogens is 1. The molecule has 0 saturated carbocycles. The van der Waals surface area contributed by atoms with E-state index in [1.165, 1.54) is 17.0 Å². The topological polar surface area (TPSA) is 73.7 Å². The summed E-state index contributed by atoms with van der Waals surface area (Å²) >= 11 is 0. The summed E-state index contributed by atoms with van der Waals surface area (Å²) in [6.07, 6.45) is 3.09. The molecule has 1 N–H and O–H groups in total. The van der Waals surface area contributed by atoms with Gasteiger partial charge in [0.05, 0.1) is 24.3 Å². The second kappa shape index (κ2) is 7.59. The highest BCUT2D eigenvalue weighted by atomic mass is 19.1. The van der Waals surface area contributed by atoms with Crippen molar-refractivity contribution < 1.29 is 19.1 Å². The number of halogens is 1. The molecule has 6 nitrogen and oxygen atoms in total. The normalized spacial score (nSPS) is 21.7. The van der Waals surface area contributed by atoms with Crippen molar-refractivity contribution in [1.82, 2.24) is 9.88 Å². The molecule has 7 heteroatoms. The first-order valence-electron chi connectivity index (χ1n) is 10.1. The molecule has 3 aromatic rings. The van der Waals surface area contributed by atoms with Crippen molar-refractivity contribution in [3.8, 4) is 0 Å². The van der Waals surface area contributed by atoms with Crippen LogP contribution in [0.2, 0.25) is 0 Å². The van der Waals surface area contributed by atoms with Crippen LogP contribution >= 0.6 is 0 Å². The molecule has 0 unspecified atom stereocenters. The van der Waals surface area contributed by atoms with E-state index in [0.29, 0.717) is 11.3 Å². The Labute approximate surface area is 178 Å². The molecule has 0 aliphatic carbocycles. The molecule has 0 bridgehead atoms. The highest BCUT2D eigenvalue weighted by Gasteiger charge is 2.55. The monoisotopic (exact) mass is 417 g/mol. The minimum absolute atomic E-state index is 0.0132. The Morgan fingerprint density at radius 2 is 1.71 bits per heavy atom. The summed E-state index contributed by atoms with van der Waals surface area (Å²) in [7, 11) is 0.